The lowest BCUT2D eigenvalue weighted by Gasteiger charge is -2.38. The minimum Gasteiger partial charge on any atom is -0.508 e. The minimum absolute atomic E-state index is 0.0518. The summed E-state index contributed by atoms with van der Waals surface area (Å²) >= 11 is 2.44. The predicted octanol–water partition coefficient (Wildman–Crippen LogP) is 3.33. The van der Waals surface area contributed by atoms with Gasteiger partial charge in [0.2, 0.25) is 11.8 Å². The Bertz CT molecular complexity index is 1200. The molecule has 0 unspecified atom stereocenters. The van der Waals surface area contributed by atoms with Crippen molar-refractivity contribution in [2.45, 2.75) is 23.9 Å². The van der Waals surface area contributed by atoms with Crippen LogP contribution >= 0.6 is 23.1 Å². The number of aromatic amines is 1. The first-order valence-corrected chi connectivity index (χ1v) is 11.3. The van der Waals surface area contributed by atoms with Crippen molar-refractivity contribution in [2.75, 3.05) is 5.75 Å². The number of phenolic OH excluding ortho intramolecular Hbond substituents is 1. The van der Waals surface area contributed by atoms with Gasteiger partial charge in [-0.3, -0.25) is 19.3 Å². The van der Waals surface area contributed by atoms with Crippen molar-refractivity contribution in [1.29, 1.82) is 0 Å². The lowest BCUT2D eigenvalue weighted by atomic mass is 9.70. The van der Waals surface area contributed by atoms with Crippen LogP contribution in [0.15, 0.2) is 64.4 Å². The van der Waals surface area contributed by atoms with E-state index in [0.717, 1.165) is 16.9 Å². The number of nitrogens with zero attached hydrogens (tertiary/aromatic N) is 1. The number of aromatic nitrogens is 1. The Morgan fingerprint density at radius 2 is 1.80 bits per heavy atom. The Balaban J connectivity index is 1.63. The summed E-state index contributed by atoms with van der Waals surface area (Å²) in [7, 11) is 0. The number of hydrogen-bond acceptors (Lipinski definition) is 6. The predicted molar refractivity (Wildman–Crippen MR) is 115 cm³/mol. The second-order valence-electron chi connectivity index (χ2n) is 7.59. The van der Waals surface area contributed by atoms with Gasteiger partial charge in [-0.2, -0.15) is 0 Å². The molecule has 1 spiro atoms. The summed E-state index contributed by atoms with van der Waals surface area (Å²) in [4.78, 5) is 43.5. The number of thioether (sulfide) groups is 1. The van der Waals surface area contributed by atoms with E-state index in [1.165, 1.54) is 16.7 Å². The van der Waals surface area contributed by atoms with Gasteiger partial charge in [0.1, 0.15) is 5.75 Å². The largest absolute Gasteiger partial charge is 0.508 e. The molecule has 2 aliphatic rings. The van der Waals surface area contributed by atoms with Gasteiger partial charge in [-0.15, -0.1) is 11.8 Å². The van der Waals surface area contributed by atoms with Crippen molar-refractivity contribution in [3.63, 3.8) is 0 Å². The zero-order chi connectivity index (χ0) is 20.9. The maximum atomic E-state index is 13.7. The highest BCUT2D eigenvalue weighted by atomic mass is 32.2. The standard InChI is InChI=1S/C22H18N2O4S2/c25-15-9-5-4-8-14(15)17-18-19(23-21(28)30-18)29-12-22(17)10-16(26)24(20(22)27)11-13-6-2-1-3-7-13/h1-9,17,25H,10-12H2,(H,23,28)/t17-,22+/m0/s1. The van der Waals surface area contributed by atoms with E-state index >= 15 is 0 Å². The zero-order valence-electron chi connectivity index (χ0n) is 15.8. The topological polar surface area (TPSA) is 90.5 Å². The van der Waals surface area contributed by atoms with Gasteiger partial charge in [0.15, 0.2) is 0 Å². The van der Waals surface area contributed by atoms with Gasteiger partial charge in [0.25, 0.3) is 0 Å². The first kappa shape index (κ1) is 19.1. The highest BCUT2D eigenvalue weighted by molar-refractivity contribution is 7.99. The summed E-state index contributed by atoms with van der Waals surface area (Å²) in [5, 5.41) is 11.3. The quantitative estimate of drug-likeness (QED) is 0.612. The second-order valence-corrected chi connectivity index (χ2v) is 9.59. The van der Waals surface area contributed by atoms with Crippen LogP contribution in [-0.4, -0.2) is 32.6 Å². The molecule has 1 saturated heterocycles. The molecule has 8 heteroatoms. The number of benzene rings is 2. The Labute approximate surface area is 180 Å². The maximum absolute atomic E-state index is 13.7. The number of carbonyl (C=O) groups excluding carboxylic acids is 2. The van der Waals surface area contributed by atoms with Crippen molar-refractivity contribution < 1.29 is 14.7 Å². The number of amides is 2. The summed E-state index contributed by atoms with van der Waals surface area (Å²) < 4.78 is 0. The van der Waals surface area contributed by atoms with Crippen molar-refractivity contribution >= 4 is 34.9 Å². The molecule has 30 heavy (non-hydrogen) atoms. The average Bonchev–Trinajstić information content (AvgIpc) is 3.22. The number of thiazole rings is 1. The Hall–Kier alpha value is -2.84. The Morgan fingerprint density at radius 3 is 2.57 bits per heavy atom. The SMILES string of the molecule is O=C1C[C@]2(CSc3[nH]c(=O)sc3[C@@H]2c2ccccc2O)C(=O)N1Cc1ccccc1. The fraction of sp³-hybridized carbons (Fsp3) is 0.227. The number of nitrogens with one attached hydrogen (secondary N) is 1. The van der Waals surface area contributed by atoms with E-state index in [1.54, 1.807) is 24.3 Å². The summed E-state index contributed by atoms with van der Waals surface area (Å²) in [5.74, 6) is -0.611. The normalized spacial score (nSPS) is 23.2. The van der Waals surface area contributed by atoms with Crippen LogP contribution in [0.4, 0.5) is 0 Å². The summed E-state index contributed by atoms with van der Waals surface area (Å²) in [5.41, 5.74) is 0.413. The Morgan fingerprint density at radius 1 is 1.07 bits per heavy atom. The molecule has 2 atom stereocenters. The van der Waals surface area contributed by atoms with Crippen LogP contribution in [0.3, 0.4) is 0 Å². The number of carbonyl (C=O) groups is 2. The molecule has 152 valence electrons. The van der Waals surface area contributed by atoms with E-state index in [4.69, 9.17) is 0 Å². The molecular formula is C22H18N2O4S2. The lowest BCUT2D eigenvalue weighted by Crippen LogP contribution is -2.42. The van der Waals surface area contributed by atoms with Crippen molar-refractivity contribution in [1.82, 2.24) is 9.88 Å². The van der Waals surface area contributed by atoms with Gasteiger partial charge in [0, 0.05) is 28.5 Å². The van der Waals surface area contributed by atoms with E-state index in [0.29, 0.717) is 21.2 Å². The smallest absolute Gasteiger partial charge is 0.305 e. The van der Waals surface area contributed by atoms with Crippen molar-refractivity contribution in [3.8, 4) is 5.75 Å². The van der Waals surface area contributed by atoms with E-state index in [2.05, 4.69) is 4.98 Å². The minimum atomic E-state index is -1.03. The lowest BCUT2D eigenvalue weighted by molar-refractivity contribution is -0.142. The highest BCUT2D eigenvalue weighted by Gasteiger charge is 2.59. The number of aromatic hydroxyl groups is 1. The molecule has 2 aromatic carbocycles. The number of fused-ring (bicyclic) bond motifs is 1. The highest BCUT2D eigenvalue weighted by Crippen LogP contribution is 2.58. The van der Waals surface area contributed by atoms with Crippen molar-refractivity contribution in [3.05, 3.63) is 80.3 Å². The van der Waals surface area contributed by atoms with E-state index in [9.17, 15) is 19.5 Å². The second kappa shape index (κ2) is 7.14. The molecule has 2 amide bonds. The molecule has 1 fully saturated rings. The number of H-pyrrole nitrogens is 1. The number of likely N-dealkylation sites (tertiary alicyclic amines) is 1. The van der Waals surface area contributed by atoms with Crippen LogP contribution in [0.25, 0.3) is 0 Å². The van der Waals surface area contributed by atoms with Crippen LogP contribution in [0.1, 0.15) is 28.3 Å². The van der Waals surface area contributed by atoms with E-state index in [1.807, 2.05) is 30.3 Å². The number of phenols is 1. The molecule has 3 heterocycles. The molecule has 2 N–H and O–H groups in total. The molecule has 0 radical (unpaired) electrons. The summed E-state index contributed by atoms with van der Waals surface area (Å²) in [6.07, 6.45) is 0.0518. The fourth-order valence-electron chi connectivity index (χ4n) is 4.42. The molecule has 3 aromatic rings. The molecular weight excluding hydrogens is 420 g/mol. The summed E-state index contributed by atoms with van der Waals surface area (Å²) in [6, 6.07) is 16.3. The summed E-state index contributed by atoms with van der Waals surface area (Å²) in [6.45, 7) is 0.217. The van der Waals surface area contributed by atoms with Crippen LogP contribution in [0.5, 0.6) is 5.75 Å². The van der Waals surface area contributed by atoms with Crippen LogP contribution in [0, 0.1) is 5.41 Å². The molecule has 2 aliphatic heterocycles. The van der Waals surface area contributed by atoms with E-state index in [-0.39, 0.29) is 35.4 Å². The fourth-order valence-corrected chi connectivity index (χ4v) is 6.97. The van der Waals surface area contributed by atoms with Crippen molar-refractivity contribution in [2.24, 2.45) is 5.41 Å². The van der Waals surface area contributed by atoms with E-state index < -0.39 is 11.3 Å². The number of rotatable bonds is 3. The molecule has 5 rings (SSSR count). The number of para-hydroxylation sites is 1. The number of hydrogen-bond donors (Lipinski definition) is 2. The van der Waals surface area contributed by atoms with Crippen LogP contribution in [0.2, 0.25) is 0 Å². The molecule has 1 aromatic heterocycles. The zero-order valence-corrected chi connectivity index (χ0v) is 17.5. The third-order valence-electron chi connectivity index (χ3n) is 5.80. The van der Waals surface area contributed by atoms with Gasteiger partial charge < -0.3 is 10.1 Å². The number of imide groups is 1. The monoisotopic (exact) mass is 438 g/mol. The average molecular weight is 439 g/mol. The van der Waals surface area contributed by atoms with Gasteiger partial charge in [0.05, 0.1) is 17.0 Å². The third kappa shape index (κ3) is 2.90. The Kier molecular flexibility index (Phi) is 4.56. The first-order chi connectivity index (χ1) is 14.5. The van der Waals surface area contributed by atoms with Gasteiger partial charge in [-0.1, -0.05) is 59.9 Å². The molecule has 0 aliphatic carbocycles. The van der Waals surface area contributed by atoms with Gasteiger partial charge in [-0.25, -0.2) is 0 Å². The molecule has 0 saturated carbocycles. The first-order valence-electron chi connectivity index (χ1n) is 9.52. The van der Waals surface area contributed by atoms with Crippen LogP contribution < -0.4 is 4.87 Å². The maximum Gasteiger partial charge on any atom is 0.305 e. The van der Waals surface area contributed by atoms with Gasteiger partial charge in [-0.05, 0) is 11.6 Å². The third-order valence-corrected chi connectivity index (χ3v) is 8.15. The van der Waals surface area contributed by atoms with Gasteiger partial charge >= 0.3 is 4.87 Å². The molecule has 6 nitrogen and oxygen atoms in total. The van der Waals surface area contributed by atoms with Crippen LogP contribution in [-0.2, 0) is 16.1 Å². The molecule has 0 bridgehead atoms.